The van der Waals surface area contributed by atoms with Gasteiger partial charge >= 0.3 is 0 Å². The average Bonchev–Trinajstić information content (AvgIpc) is 2.61. The third kappa shape index (κ3) is 5.46. The molecule has 0 radical (unpaired) electrons. The molecule has 0 aliphatic rings. The SMILES string of the molecule is CN(C)C(CNC=O)C(=O)NC(c1ccc(Cl)cc1)c1ccc(Cl)cc1. The molecule has 2 rings (SSSR count). The van der Waals surface area contributed by atoms with Crippen LogP contribution in [0.4, 0.5) is 0 Å². The van der Waals surface area contributed by atoms with E-state index in [0.29, 0.717) is 16.5 Å². The van der Waals surface area contributed by atoms with Gasteiger partial charge in [0.05, 0.1) is 6.04 Å². The molecule has 0 fully saturated rings. The summed E-state index contributed by atoms with van der Waals surface area (Å²) < 4.78 is 0. The number of amides is 2. The van der Waals surface area contributed by atoms with Gasteiger partial charge in [-0.15, -0.1) is 0 Å². The van der Waals surface area contributed by atoms with E-state index in [9.17, 15) is 9.59 Å². The Balaban J connectivity index is 2.31. The number of hydrogen-bond acceptors (Lipinski definition) is 3. The van der Waals surface area contributed by atoms with E-state index in [-0.39, 0.29) is 18.5 Å². The van der Waals surface area contributed by atoms with E-state index in [1.54, 1.807) is 43.3 Å². The van der Waals surface area contributed by atoms with Crippen molar-refractivity contribution in [1.29, 1.82) is 0 Å². The lowest BCUT2D eigenvalue weighted by molar-refractivity contribution is -0.126. The van der Waals surface area contributed by atoms with Crippen LogP contribution >= 0.6 is 23.2 Å². The highest BCUT2D eigenvalue weighted by Crippen LogP contribution is 2.25. The van der Waals surface area contributed by atoms with Crippen LogP contribution in [0.1, 0.15) is 17.2 Å². The Bertz CT molecular complexity index is 688. The molecular weight excluding hydrogens is 373 g/mol. The molecular formula is C19H21Cl2N3O2. The van der Waals surface area contributed by atoms with Crippen LogP contribution in [0.5, 0.6) is 0 Å². The lowest BCUT2D eigenvalue weighted by Gasteiger charge is -2.27. The molecule has 2 N–H and O–H groups in total. The first-order valence-corrected chi connectivity index (χ1v) is 8.82. The number of halogens is 2. The fourth-order valence-corrected chi connectivity index (χ4v) is 2.83. The van der Waals surface area contributed by atoms with Crippen LogP contribution in [0, 0.1) is 0 Å². The van der Waals surface area contributed by atoms with Gasteiger partial charge in [-0.3, -0.25) is 14.5 Å². The highest BCUT2D eigenvalue weighted by molar-refractivity contribution is 6.30. The summed E-state index contributed by atoms with van der Waals surface area (Å²) in [6.45, 7) is 0.219. The molecule has 0 saturated heterocycles. The van der Waals surface area contributed by atoms with Crippen molar-refractivity contribution in [2.24, 2.45) is 0 Å². The molecule has 0 bridgehead atoms. The molecule has 0 spiro atoms. The fraction of sp³-hybridized carbons (Fsp3) is 0.263. The van der Waals surface area contributed by atoms with E-state index in [1.165, 1.54) is 0 Å². The molecule has 138 valence electrons. The Labute approximate surface area is 163 Å². The van der Waals surface area contributed by atoms with Crippen molar-refractivity contribution >= 4 is 35.5 Å². The first-order valence-electron chi connectivity index (χ1n) is 8.07. The maximum Gasteiger partial charge on any atom is 0.239 e. The Morgan fingerprint density at radius 2 is 1.46 bits per heavy atom. The Kier molecular flexibility index (Phi) is 7.45. The Morgan fingerprint density at radius 1 is 1.00 bits per heavy atom. The Morgan fingerprint density at radius 3 is 1.85 bits per heavy atom. The molecule has 1 atom stereocenters. The standard InChI is InChI=1S/C19H21Cl2N3O2/c1-24(2)17(11-22-12-25)19(26)23-18(13-3-7-15(20)8-4-13)14-5-9-16(21)10-6-14/h3-10,12,17-18H,11H2,1-2H3,(H,22,25)(H,23,26). The van der Waals surface area contributed by atoms with Gasteiger partial charge < -0.3 is 10.6 Å². The van der Waals surface area contributed by atoms with Gasteiger partial charge in [-0.25, -0.2) is 0 Å². The van der Waals surface area contributed by atoms with Crippen molar-refractivity contribution in [2.45, 2.75) is 12.1 Å². The van der Waals surface area contributed by atoms with Gasteiger partial charge in [0, 0.05) is 16.6 Å². The maximum atomic E-state index is 12.8. The lowest BCUT2D eigenvalue weighted by atomic mass is 9.98. The van der Waals surface area contributed by atoms with Crippen molar-refractivity contribution in [3.63, 3.8) is 0 Å². The van der Waals surface area contributed by atoms with Crippen molar-refractivity contribution in [3.05, 3.63) is 69.7 Å². The van der Waals surface area contributed by atoms with Crippen LogP contribution in [0.25, 0.3) is 0 Å². The summed E-state index contributed by atoms with van der Waals surface area (Å²) in [5.74, 6) is -0.195. The van der Waals surface area contributed by atoms with Crippen molar-refractivity contribution in [2.75, 3.05) is 20.6 Å². The minimum absolute atomic E-state index is 0.195. The number of benzene rings is 2. The van der Waals surface area contributed by atoms with E-state index in [2.05, 4.69) is 10.6 Å². The van der Waals surface area contributed by atoms with Gasteiger partial charge in [-0.2, -0.15) is 0 Å². The average molecular weight is 394 g/mol. The largest absolute Gasteiger partial charge is 0.357 e. The van der Waals surface area contributed by atoms with Gasteiger partial charge in [-0.05, 0) is 49.5 Å². The van der Waals surface area contributed by atoms with E-state index in [4.69, 9.17) is 23.2 Å². The summed E-state index contributed by atoms with van der Waals surface area (Å²) >= 11 is 12.0. The summed E-state index contributed by atoms with van der Waals surface area (Å²) in [4.78, 5) is 25.2. The highest BCUT2D eigenvalue weighted by atomic mass is 35.5. The van der Waals surface area contributed by atoms with Crippen molar-refractivity contribution in [1.82, 2.24) is 15.5 Å². The van der Waals surface area contributed by atoms with Crippen LogP contribution in [-0.4, -0.2) is 43.9 Å². The van der Waals surface area contributed by atoms with E-state index in [1.807, 2.05) is 24.3 Å². The zero-order valence-corrected chi connectivity index (χ0v) is 16.1. The van der Waals surface area contributed by atoms with E-state index < -0.39 is 6.04 Å². The molecule has 0 aromatic heterocycles. The fourth-order valence-electron chi connectivity index (χ4n) is 2.58. The van der Waals surface area contributed by atoms with E-state index >= 15 is 0 Å². The summed E-state index contributed by atoms with van der Waals surface area (Å²) in [5, 5.41) is 6.86. The van der Waals surface area contributed by atoms with Gasteiger partial charge in [0.2, 0.25) is 12.3 Å². The molecule has 1 unspecified atom stereocenters. The highest BCUT2D eigenvalue weighted by Gasteiger charge is 2.24. The maximum absolute atomic E-state index is 12.8. The van der Waals surface area contributed by atoms with Crippen LogP contribution in [-0.2, 0) is 9.59 Å². The van der Waals surface area contributed by atoms with Gasteiger partial charge in [0.1, 0.15) is 6.04 Å². The van der Waals surface area contributed by atoms with Gasteiger partial charge in [-0.1, -0.05) is 47.5 Å². The third-order valence-electron chi connectivity index (χ3n) is 4.01. The number of nitrogens with zero attached hydrogens (tertiary/aromatic N) is 1. The molecule has 2 aromatic carbocycles. The predicted octanol–water partition coefficient (Wildman–Crippen LogP) is 2.88. The molecule has 0 saturated carbocycles. The van der Waals surface area contributed by atoms with Crippen molar-refractivity contribution in [3.8, 4) is 0 Å². The van der Waals surface area contributed by atoms with Gasteiger partial charge in [0.15, 0.2) is 0 Å². The molecule has 5 nitrogen and oxygen atoms in total. The van der Waals surface area contributed by atoms with Gasteiger partial charge in [0.25, 0.3) is 0 Å². The second-order valence-electron chi connectivity index (χ2n) is 6.05. The van der Waals surface area contributed by atoms with Crippen LogP contribution in [0.3, 0.4) is 0 Å². The summed E-state index contributed by atoms with van der Waals surface area (Å²) in [6.07, 6.45) is 0.583. The molecule has 0 aliphatic heterocycles. The zero-order chi connectivity index (χ0) is 19.1. The molecule has 2 amide bonds. The molecule has 0 aliphatic carbocycles. The molecule has 0 heterocycles. The minimum Gasteiger partial charge on any atom is -0.357 e. The molecule has 2 aromatic rings. The number of hydrogen-bond donors (Lipinski definition) is 2. The monoisotopic (exact) mass is 393 g/mol. The first kappa shape index (κ1) is 20.2. The van der Waals surface area contributed by atoms with Crippen LogP contribution in [0.2, 0.25) is 10.0 Å². The molecule has 7 heteroatoms. The quantitative estimate of drug-likeness (QED) is 0.677. The molecule has 26 heavy (non-hydrogen) atoms. The smallest absolute Gasteiger partial charge is 0.239 e. The topological polar surface area (TPSA) is 61.4 Å². The summed E-state index contributed by atoms with van der Waals surface area (Å²) in [6, 6.07) is 13.7. The number of rotatable bonds is 8. The van der Waals surface area contributed by atoms with E-state index in [0.717, 1.165) is 11.1 Å². The van der Waals surface area contributed by atoms with Crippen molar-refractivity contribution < 1.29 is 9.59 Å². The number of likely N-dealkylation sites (N-methyl/N-ethyl adjacent to an activating group) is 1. The summed E-state index contributed by atoms with van der Waals surface area (Å²) in [5.41, 5.74) is 1.79. The number of carbonyl (C=O) groups is 2. The minimum atomic E-state index is -0.498. The Hall–Kier alpha value is -2.08. The second-order valence-corrected chi connectivity index (χ2v) is 6.92. The van der Waals surface area contributed by atoms with Crippen LogP contribution in [0.15, 0.2) is 48.5 Å². The number of nitrogens with one attached hydrogen (secondary N) is 2. The third-order valence-corrected chi connectivity index (χ3v) is 4.52. The normalized spacial score (nSPS) is 12.1. The lowest BCUT2D eigenvalue weighted by Crippen LogP contribution is -2.49. The summed E-state index contributed by atoms with van der Waals surface area (Å²) in [7, 11) is 3.58. The second kappa shape index (κ2) is 9.57. The van der Waals surface area contributed by atoms with Crippen LogP contribution < -0.4 is 10.6 Å². The predicted molar refractivity (Wildman–Crippen MR) is 104 cm³/mol. The number of carbonyl (C=O) groups excluding carboxylic acids is 2. The first-order chi connectivity index (χ1) is 12.4. The zero-order valence-electron chi connectivity index (χ0n) is 14.6.